The Labute approximate surface area is 196 Å². The molecule has 1 aliphatic heterocycles. The molecule has 0 radical (unpaired) electrons. The van der Waals surface area contributed by atoms with Crippen LogP contribution in [-0.2, 0) is 11.2 Å². The van der Waals surface area contributed by atoms with E-state index in [4.69, 9.17) is 0 Å². The molecular formula is C25H26N4O3S. The first-order valence-corrected chi connectivity index (χ1v) is 12.0. The van der Waals surface area contributed by atoms with Crippen LogP contribution in [0.2, 0.25) is 0 Å². The summed E-state index contributed by atoms with van der Waals surface area (Å²) >= 11 is 1.13. The SMILES string of the molecule is O=C(CSc1nc(O)c(C/C=C/c2ccccc2)c(=O)[nH]1)N1CCCC[C@@H]1c1cccnc1. The lowest BCUT2D eigenvalue weighted by atomic mass is 9.96. The summed E-state index contributed by atoms with van der Waals surface area (Å²) in [6.45, 7) is 0.695. The maximum atomic E-state index is 13.0. The minimum Gasteiger partial charge on any atom is -0.493 e. The number of pyridine rings is 1. The Kier molecular flexibility index (Phi) is 7.57. The van der Waals surface area contributed by atoms with Crippen LogP contribution in [0.4, 0.5) is 0 Å². The fourth-order valence-corrected chi connectivity index (χ4v) is 4.70. The van der Waals surface area contributed by atoms with Gasteiger partial charge in [-0.25, -0.2) is 0 Å². The molecule has 4 rings (SSSR count). The lowest BCUT2D eigenvalue weighted by Crippen LogP contribution is -2.39. The summed E-state index contributed by atoms with van der Waals surface area (Å²) in [7, 11) is 0. The summed E-state index contributed by atoms with van der Waals surface area (Å²) in [5, 5.41) is 10.5. The smallest absolute Gasteiger partial charge is 0.258 e. The molecule has 1 fully saturated rings. The molecule has 0 aliphatic carbocycles. The third-order valence-corrected chi connectivity index (χ3v) is 6.49. The maximum absolute atomic E-state index is 13.0. The van der Waals surface area contributed by atoms with E-state index in [1.54, 1.807) is 6.20 Å². The molecule has 0 spiro atoms. The standard InChI is InChI=1S/C25H26N4O3S/c30-22(29-15-5-4-13-21(29)19-11-7-14-26-16-19)17-33-25-27-23(31)20(24(32)28-25)12-6-10-18-8-2-1-3-9-18/h1-3,6-11,14,16,21H,4-5,12-13,15,17H2,(H2,27,28,31,32)/b10-6+/t21-/m1/s1. The predicted molar refractivity (Wildman–Crippen MR) is 129 cm³/mol. The van der Waals surface area contributed by atoms with E-state index in [0.29, 0.717) is 6.54 Å². The van der Waals surface area contributed by atoms with E-state index >= 15 is 0 Å². The molecule has 3 heterocycles. The van der Waals surface area contributed by atoms with E-state index in [1.807, 2.05) is 65.7 Å². The fourth-order valence-electron chi connectivity index (χ4n) is 3.96. The zero-order valence-electron chi connectivity index (χ0n) is 18.2. The average molecular weight is 463 g/mol. The number of nitrogens with one attached hydrogen (secondary N) is 1. The molecule has 8 heteroatoms. The molecule has 0 unspecified atom stereocenters. The number of carbonyl (C=O) groups is 1. The Balaban J connectivity index is 1.39. The summed E-state index contributed by atoms with van der Waals surface area (Å²) < 4.78 is 0. The van der Waals surface area contributed by atoms with Gasteiger partial charge in [0.2, 0.25) is 11.8 Å². The van der Waals surface area contributed by atoms with Crippen molar-refractivity contribution in [3.63, 3.8) is 0 Å². The van der Waals surface area contributed by atoms with Gasteiger partial charge in [0, 0.05) is 25.4 Å². The fraction of sp³-hybridized carbons (Fsp3) is 0.280. The van der Waals surface area contributed by atoms with E-state index in [-0.39, 0.29) is 40.7 Å². The second-order valence-electron chi connectivity index (χ2n) is 7.86. The summed E-state index contributed by atoms with van der Waals surface area (Å²) in [5.41, 5.74) is 1.84. The van der Waals surface area contributed by atoms with Crippen LogP contribution in [0.3, 0.4) is 0 Å². The highest BCUT2D eigenvalue weighted by atomic mass is 32.2. The first-order valence-electron chi connectivity index (χ1n) is 11.0. The van der Waals surface area contributed by atoms with Crippen molar-refractivity contribution in [2.75, 3.05) is 12.3 Å². The molecule has 2 aromatic heterocycles. The van der Waals surface area contributed by atoms with E-state index in [1.165, 1.54) is 0 Å². The first-order chi connectivity index (χ1) is 16.1. The normalized spacial score (nSPS) is 16.2. The highest BCUT2D eigenvalue weighted by Gasteiger charge is 2.28. The highest BCUT2D eigenvalue weighted by Crippen LogP contribution is 2.31. The van der Waals surface area contributed by atoms with Crippen molar-refractivity contribution in [3.05, 3.63) is 88.0 Å². The number of hydrogen-bond acceptors (Lipinski definition) is 6. The minimum atomic E-state index is -0.402. The Morgan fingerprint density at radius 3 is 2.82 bits per heavy atom. The lowest BCUT2D eigenvalue weighted by Gasteiger charge is -2.36. The summed E-state index contributed by atoms with van der Waals surface area (Å²) in [4.78, 5) is 38.3. The number of H-pyrrole nitrogens is 1. The van der Waals surface area contributed by atoms with Gasteiger partial charge in [0.25, 0.3) is 5.56 Å². The van der Waals surface area contributed by atoms with Crippen LogP contribution in [0, 0.1) is 0 Å². The number of carbonyl (C=O) groups excluding carboxylic acids is 1. The number of piperidine rings is 1. The van der Waals surface area contributed by atoms with Crippen molar-refractivity contribution in [1.82, 2.24) is 19.9 Å². The quantitative estimate of drug-likeness (QED) is 0.407. The number of hydrogen-bond donors (Lipinski definition) is 2. The molecule has 0 saturated carbocycles. The lowest BCUT2D eigenvalue weighted by molar-refractivity contribution is -0.132. The van der Waals surface area contributed by atoms with Crippen LogP contribution >= 0.6 is 11.8 Å². The molecule has 1 aromatic carbocycles. The van der Waals surface area contributed by atoms with Crippen LogP contribution < -0.4 is 5.56 Å². The van der Waals surface area contributed by atoms with Crippen molar-refractivity contribution in [1.29, 1.82) is 0 Å². The number of aromatic hydroxyl groups is 1. The van der Waals surface area contributed by atoms with Gasteiger partial charge in [-0.05, 0) is 36.5 Å². The van der Waals surface area contributed by atoms with Gasteiger partial charge in [0.05, 0.1) is 17.4 Å². The van der Waals surface area contributed by atoms with Crippen molar-refractivity contribution in [3.8, 4) is 5.88 Å². The molecule has 2 N–H and O–H groups in total. The number of thioether (sulfide) groups is 1. The summed E-state index contributed by atoms with van der Waals surface area (Å²) in [5.74, 6) is -0.199. The number of nitrogens with zero attached hydrogens (tertiary/aromatic N) is 3. The number of amides is 1. The van der Waals surface area contributed by atoms with Crippen LogP contribution in [0.1, 0.15) is 42.0 Å². The summed E-state index contributed by atoms with van der Waals surface area (Å²) in [6.07, 6.45) is 10.4. The number of benzene rings is 1. The van der Waals surface area contributed by atoms with Gasteiger partial charge in [-0.1, -0.05) is 60.3 Å². The molecule has 170 valence electrons. The van der Waals surface area contributed by atoms with Crippen LogP contribution in [0.25, 0.3) is 6.08 Å². The molecule has 1 amide bonds. The van der Waals surface area contributed by atoms with Gasteiger partial charge >= 0.3 is 0 Å². The van der Waals surface area contributed by atoms with Crippen molar-refractivity contribution < 1.29 is 9.90 Å². The van der Waals surface area contributed by atoms with E-state index in [0.717, 1.165) is 42.2 Å². The third kappa shape index (κ3) is 5.90. The topological polar surface area (TPSA) is 99.2 Å². The largest absolute Gasteiger partial charge is 0.493 e. The Hall–Kier alpha value is -3.39. The number of aromatic nitrogens is 3. The van der Waals surface area contributed by atoms with Crippen molar-refractivity contribution >= 4 is 23.7 Å². The van der Waals surface area contributed by atoms with Crippen molar-refractivity contribution in [2.45, 2.75) is 36.9 Å². The molecule has 1 atom stereocenters. The predicted octanol–water partition coefficient (Wildman–Crippen LogP) is 3.97. The highest BCUT2D eigenvalue weighted by molar-refractivity contribution is 7.99. The third-order valence-electron chi connectivity index (χ3n) is 5.63. The number of likely N-dealkylation sites (tertiary alicyclic amines) is 1. The Morgan fingerprint density at radius 1 is 1.21 bits per heavy atom. The van der Waals surface area contributed by atoms with Gasteiger partial charge in [0.1, 0.15) is 0 Å². The number of rotatable bonds is 7. The van der Waals surface area contributed by atoms with Crippen molar-refractivity contribution in [2.24, 2.45) is 0 Å². The molecule has 33 heavy (non-hydrogen) atoms. The number of allylic oxidation sites excluding steroid dienone is 1. The van der Waals surface area contributed by atoms with Crippen LogP contribution in [0.5, 0.6) is 5.88 Å². The van der Waals surface area contributed by atoms with E-state index in [2.05, 4.69) is 15.0 Å². The molecule has 0 bridgehead atoms. The molecule has 7 nitrogen and oxygen atoms in total. The molecule has 3 aromatic rings. The monoisotopic (exact) mass is 462 g/mol. The second kappa shape index (κ2) is 11.0. The zero-order valence-corrected chi connectivity index (χ0v) is 19.0. The Bertz CT molecular complexity index is 1170. The molecule has 1 aliphatic rings. The van der Waals surface area contributed by atoms with Crippen LogP contribution in [-0.4, -0.2) is 43.2 Å². The number of aromatic amines is 1. The second-order valence-corrected chi connectivity index (χ2v) is 8.83. The van der Waals surface area contributed by atoms with E-state index < -0.39 is 5.56 Å². The van der Waals surface area contributed by atoms with E-state index in [9.17, 15) is 14.7 Å². The van der Waals surface area contributed by atoms with Gasteiger partial charge in [0.15, 0.2) is 5.16 Å². The van der Waals surface area contributed by atoms with Gasteiger partial charge in [-0.3, -0.25) is 14.6 Å². The van der Waals surface area contributed by atoms with Gasteiger partial charge < -0.3 is 15.0 Å². The summed E-state index contributed by atoms with van der Waals surface area (Å²) in [6, 6.07) is 13.6. The van der Waals surface area contributed by atoms with Crippen LogP contribution in [0.15, 0.2) is 70.9 Å². The average Bonchev–Trinajstić information content (AvgIpc) is 2.85. The maximum Gasteiger partial charge on any atom is 0.258 e. The molecule has 1 saturated heterocycles. The van der Waals surface area contributed by atoms with Gasteiger partial charge in [-0.2, -0.15) is 4.98 Å². The molecular weight excluding hydrogens is 436 g/mol. The zero-order chi connectivity index (χ0) is 23.0. The first kappa shape index (κ1) is 22.8. The Morgan fingerprint density at radius 2 is 2.06 bits per heavy atom. The minimum absolute atomic E-state index is 0.0136. The van der Waals surface area contributed by atoms with Gasteiger partial charge in [-0.15, -0.1) is 0 Å².